The maximum absolute atomic E-state index is 13.4. The third-order valence-electron chi connectivity index (χ3n) is 5.68. The number of piperazine rings is 1. The number of carbonyl (C=O) groups excluding carboxylic acids is 2. The maximum Gasteiger partial charge on any atom is 0.210 e. The second-order valence-corrected chi connectivity index (χ2v) is 8.22. The Labute approximate surface area is 176 Å². The maximum atomic E-state index is 13.4. The van der Waals surface area contributed by atoms with Gasteiger partial charge in [0.2, 0.25) is 5.78 Å². The Morgan fingerprint density at radius 1 is 0.966 bits per heavy atom. The standard InChI is InChI=1S/C23H24ClN3O2/c1-15(2)26-10-12-27(13-11-26)21-20(25-17-7-5-6-16(24)14-17)22(28)18-8-3-4-9-19(18)23(21)29/h3-9,14-15,21H,10-13H2,1-2H3. The molecule has 0 radical (unpaired) electrons. The molecule has 29 heavy (non-hydrogen) atoms. The molecule has 6 heteroatoms. The van der Waals surface area contributed by atoms with Gasteiger partial charge < -0.3 is 0 Å². The average molecular weight is 410 g/mol. The molecule has 2 aromatic rings. The third-order valence-corrected chi connectivity index (χ3v) is 5.91. The fraction of sp³-hybridized carbons (Fsp3) is 0.348. The zero-order valence-electron chi connectivity index (χ0n) is 16.6. The number of rotatable bonds is 3. The SMILES string of the molecule is CC(C)N1CCN(C2C(=O)c3ccccc3C(=O)C2=Nc2cccc(Cl)c2)CC1. The van der Waals surface area contributed by atoms with E-state index in [1.54, 1.807) is 48.5 Å². The number of fused-ring (bicyclic) bond motifs is 1. The predicted molar refractivity (Wildman–Crippen MR) is 116 cm³/mol. The fourth-order valence-corrected chi connectivity index (χ4v) is 4.26. The first-order valence-corrected chi connectivity index (χ1v) is 10.3. The van der Waals surface area contributed by atoms with E-state index in [1.807, 2.05) is 0 Å². The van der Waals surface area contributed by atoms with Crippen molar-refractivity contribution in [2.75, 3.05) is 26.2 Å². The molecule has 1 fully saturated rings. The lowest BCUT2D eigenvalue weighted by molar-refractivity contribution is 0.0697. The molecule has 4 rings (SSSR count). The Morgan fingerprint density at radius 3 is 2.31 bits per heavy atom. The van der Waals surface area contributed by atoms with Gasteiger partial charge in [-0.25, -0.2) is 4.99 Å². The van der Waals surface area contributed by atoms with Crippen LogP contribution >= 0.6 is 11.6 Å². The summed E-state index contributed by atoms with van der Waals surface area (Å²) < 4.78 is 0. The van der Waals surface area contributed by atoms with Crippen LogP contribution < -0.4 is 0 Å². The van der Waals surface area contributed by atoms with Crippen molar-refractivity contribution in [3.05, 3.63) is 64.7 Å². The number of aliphatic imine (C=N–C) groups is 1. The van der Waals surface area contributed by atoms with Gasteiger partial charge in [-0.15, -0.1) is 0 Å². The highest BCUT2D eigenvalue weighted by molar-refractivity contribution is 6.55. The summed E-state index contributed by atoms with van der Waals surface area (Å²) in [4.78, 5) is 35.9. The number of hydrogen-bond donors (Lipinski definition) is 0. The summed E-state index contributed by atoms with van der Waals surface area (Å²) in [5.41, 5.74) is 1.78. The highest BCUT2D eigenvalue weighted by Crippen LogP contribution is 2.27. The monoisotopic (exact) mass is 409 g/mol. The van der Waals surface area contributed by atoms with Gasteiger partial charge in [-0.3, -0.25) is 19.4 Å². The molecular formula is C23H24ClN3O2. The van der Waals surface area contributed by atoms with Gasteiger partial charge in [0.05, 0.1) is 5.69 Å². The molecule has 150 valence electrons. The minimum absolute atomic E-state index is 0.0565. The van der Waals surface area contributed by atoms with Crippen LogP contribution in [0.3, 0.4) is 0 Å². The van der Waals surface area contributed by atoms with Crippen LogP contribution in [0.4, 0.5) is 5.69 Å². The van der Waals surface area contributed by atoms with Gasteiger partial charge in [0.15, 0.2) is 5.78 Å². The Balaban J connectivity index is 1.75. The summed E-state index contributed by atoms with van der Waals surface area (Å²) in [5, 5.41) is 0.545. The minimum atomic E-state index is -0.661. The zero-order chi connectivity index (χ0) is 20.5. The van der Waals surface area contributed by atoms with E-state index >= 15 is 0 Å². The number of nitrogens with zero attached hydrogens (tertiary/aromatic N) is 3. The molecule has 1 unspecified atom stereocenters. The van der Waals surface area contributed by atoms with Crippen molar-refractivity contribution in [2.45, 2.75) is 25.9 Å². The van der Waals surface area contributed by atoms with Crippen LogP contribution in [0.5, 0.6) is 0 Å². The van der Waals surface area contributed by atoms with Crippen molar-refractivity contribution < 1.29 is 9.59 Å². The molecule has 1 atom stereocenters. The quantitative estimate of drug-likeness (QED) is 0.771. The van der Waals surface area contributed by atoms with E-state index in [9.17, 15) is 9.59 Å². The highest BCUT2D eigenvalue weighted by atomic mass is 35.5. The Morgan fingerprint density at radius 2 is 1.66 bits per heavy atom. The van der Waals surface area contributed by atoms with Crippen molar-refractivity contribution >= 4 is 34.6 Å². The second kappa shape index (κ2) is 8.19. The van der Waals surface area contributed by atoms with Crippen LogP contribution in [-0.4, -0.2) is 65.3 Å². The highest BCUT2D eigenvalue weighted by Gasteiger charge is 2.42. The largest absolute Gasteiger partial charge is 0.298 e. The van der Waals surface area contributed by atoms with Crippen LogP contribution in [0.15, 0.2) is 53.5 Å². The summed E-state index contributed by atoms with van der Waals surface area (Å²) in [6.07, 6.45) is 0. The number of hydrogen-bond acceptors (Lipinski definition) is 5. The molecule has 2 aliphatic rings. The molecule has 5 nitrogen and oxygen atoms in total. The van der Waals surface area contributed by atoms with Gasteiger partial charge in [-0.2, -0.15) is 0 Å². The molecular weight excluding hydrogens is 386 g/mol. The van der Waals surface area contributed by atoms with Crippen LogP contribution in [-0.2, 0) is 0 Å². The fourth-order valence-electron chi connectivity index (χ4n) is 4.08. The van der Waals surface area contributed by atoms with Gasteiger partial charge in [0.1, 0.15) is 11.8 Å². The zero-order valence-corrected chi connectivity index (χ0v) is 17.4. The van der Waals surface area contributed by atoms with E-state index in [2.05, 4.69) is 28.6 Å². The second-order valence-electron chi connectivity index (χ2n) is 7.78. The van der Waals surface area contributed by atoms with Crippen molar-refractivity contribution in [3.63, 3.8) is 0 Å². The van der Waals surface area contributed by atoms with Crippen molar-refractivity contribution in [3.8, 4) is 0 Å². The molecule has 1 aliphatic carbocycles. The van der Waals surface area contributed by atoms with Gasteiger partial charge in [-0.05, 0) is 32.0 Å². The van der Waals surface area contributed by atoms with E-state index < -0.39 is 6.04 Å². The average Bonchev–Trinajstić information content (AvgIpc) is 2.72. The Bertz CT molecular complexity index is 978. The van der Waals surface area contributed by atoms with E-state index in [-0.39, 0.29) is 17.3 Å². The summed E-state index contributed by atoms with van der Waals surface area (Å²) in [5.74, 6) is -0.240. The number of carbonyl (C=O) groups is 2. The van der Waals surface area contributed by atoms with Gasteiger partial charge in [-0.1, -0.05) is 41.9 Å². The molecule has 1 heterocycles. The van der Waals surface area contributed by atoms with Crippen LogP contribution in [0, 0.1) is 0 Å². The van der Waals surface area contributed by atoms with Gasteiger partial charge >= 0.3 is 0 Å². The summed E-state index contributed by atoms with van der Waals surface area (Å²) in [7, 11) is 0. The molecule has 0 spiro atoms. The third kappa shape index (κ3) is 3.90. The van der Waals surface area contributed by atoms with Crippen molar-refractivity contribution in [1.29, 1.82) is 0 Å². The first-order valence-electron chi connectivity index (χ1n) is 9.96. The van der Waals surface area contributed by atoms with E-state index in [0.717, 1.165) is 26.2 Å². The van der Waals surface area contributed by atoms with Gasteiger partial charge in [0.25, 0.3) is 0 Å². The molecule has 0 bridgehead atoms. The molecule has 1 saturated heterocycles. The molecule has 1 aliphatic heterocycles. The summed E-state index contributed by atoms with van der Waals surface area (Å²) in [6, 6.07) is 13.9. The van der Waals surface area contributed by atoms with Crippen LogP contribution in [0.25, 0.3) is 0 Å². The number of Topliss-reactive ketones (excluding diaryl/α,β-unsaturated/α-hetero) is 2. The summed E-state index contributed by atoms with van der Waals surface area (Å²) >= 11 is 6.10. The molecule has 0 N–H and O–H groups in total. The number of ketones is 2. The Hall–Kier alpha value is -2.34. The summed E-state index contributed by atoms with van der Waals surface area (Å²) in [6.45, 7) is 7.51. The number of benzene rings is 2. The van der Waals surface area contributed by atoms with Crippen LogP contribution in [0.2, 0.25) is 5.02 Å². The smallest absolute Gasteiger partial charge is 0.210 e. The lowest BCUT2D eigenvalue weighted by atomic mass is 9.83. The van der Waals surface area contributed by atoms with Crippen LogP contribution in [0.1, 0.15) is 34.6 Å². The lowest BCUT2D eigenvalue weighted by Gasteiger charge is -2.41. The molecule has 0 amide bonds. The molecule has 2 aromatic carbocycles. The topological polar surface area (TPSA) is 53.0 Å². The first-order chi connectivity index (χ1) is 14.0. The first kappa shape index (κ1) is 20.0. The van der Waals surface area contributed by atoms with Crippen molar-refractivity contribution in [2.24, 2.45) is 4.99 Å². The number of halogens is 1. The normalized spacial score (nSPS) is 22.3. The molecule has 0 saturated carbocycles. The van der Waals surface area contributed by atoms with E-state index in [0.29, 0.717) is 27.9 Å². The van der Waals surface area contributed by atoms with Gasteiger partial charge in [0, 0.05) is 48.4 Å². The van der Waals surface area contributed by atoms with E-state index in [4.69, 9.17) is 11.6 Å². The molecule has 0 aromatic heterocycles. The predicted octanol–water partition coefficient (Wildman–Crippen LogP) is 3.89. The van der Waals surface area contributed by atoms with E-state index in [1.165, 1.54) is 0 Å². The lowest BCUT2D eigenvalue weighted by Crippen LogP contribution is -2.59. The minimum Gasteiger partial charge on any atom is -0.298 e. The Kier molecular flexibility index (Phi) is 5.63. The van der Waals surface area contributed by atoms with Crippen molar-refractivity contribution in [1.82, 2.24) is 9.80 Å².